The van der Waals surface area contributed by atoms with Crippen LogP contribution in [0, 0.1) is 5.82 Å². The van der Waals surface area contributed by atoms with Gasteiger partial charge in [-0.25, -0.2) is 4.39 Å². The van der Waals surface area contributed by atoms with E-state index < -0.39 is 0 Å². The molecule has 1 amide bonds. The molecule has 88 valence electrons. The van der Waals surface area contributed by atoms with Crippen LogP contribution in [0.3, 0.4) is 0 Å². The molecule has 2 N–H and O–H groups in total. The fourth-order valence-corrected chi connectivity index (χ4v) is 1.50. The zero-order valence-electron chi connectivity index (χ0n) is 9.59. The normalized spacial score (nSPS) is 12.2. The molecule has 16 heavy (non-hydrogen) atoms. The van der Waals surface area contributed by atoms with E-state index in [1.54, 1.807) is 19.2 Å². The average Bonchev–Trinajstić information content (AvgIpc) is 2.31. The van der Waals surface area contributed by atoms with Gasteiger partial charge in [0.1, 0.15) is 5.82 Å². The SMILES string of the molecule is CCC(NCC(=O)NC)c1ccc(F)cc1. The Morgan fingerprint density at radius 3 is 2.50 bits per heavy atom. The number of carbonyl (C=O) groups excluding carboxylic acids is 1. The van der Waals surface area contributed by atoms with E-state index in [4.69, 9.17) is 0 Å². The monoisotopic (exact) mass is 224 g/mol. The summed E-state index contributed by atoms with van der Waals surface area (Å²) in [5.74, 6) is -0.300. The Balaban J connectivity index is 2.60. The number of amides is 1. The van der Waals surface area contributed by atoms with E-state index in [2.05, 4.69) is 10.6 Å². The number of hydrogen-bond donors (Lipinski definition) is 2. The van der Waals surface area contributed by atoms with Crippen LogP contribution in [-0.4, -0.2) is 19.5 Å². The third kappa shape index (κ3) is 3.62. The molecule has 0 fully saturated rings. The quantitative estimate of drug-likeness (QED) is 0.798. The van der Waals surface area contributed by atoms with E-state index >= 15 is 0 Å². The van der Waals surface area contributed by atoms with Crippen LogP contribution in [0.1, 0.15) is 24.9 Å². The lowest BCUT2D eigenvalue weighted by Crippen LogP contribution is -2.33. The van der Waals surface area contributed by atoms with Crippen LogP contribution in [0.2, 0.25) is 0 Å². The van der Waals surface area contributed by atoms with Gasteiger partial charge in [-0.1, -0.05) is 19.1 Å². The molecule has 3 nitrogen and oxygen atoms in total. The molecule has 1 aromatic carbocycles. The summed E-state index contributed by atoms with van der Waals surface area (Å²) in [6.45, 7) is 2.29. The van der Waals surface area contributed by atoms with Crippen LogP contribution in [-0.2, 0) is 4.79 Å². The van der Waals surface area contributed by atoms with Crippen molar-refractivity contribution >= 4 is 5.91 Å². The first-order chi connectivity index (χ1) is 7.67. The van der Waals surface area contributed by atoms with E-state index in [1.807, 2.05) is 6.92 Å². The molecule has 1 rings (SSSR count). The fraction of sp³-hybridized carbons (Fsp3) is 0.417. The molecule has 4 heteroatoms. The second-order valence-corrected chi connectivity index (χ2v) is 3.57. The third-order valence-electron chi connectivity index (χ3n) is 2.47. The summed E-state index contributed by atoms with van der Waals surface area (Å²) in [5, 5.41) is 5.66. The van der Waals surface area contributed by atoms with Gasteiger partial charge in [-0.05, 0) is 24.1 Å². The summed E-state index contributed by atoms with van der Waals surface area (Å²) in [6.07, 6.45) is 0.850. The Bertz CT molecular complexity index is 337. The topological polar surface area (TPSA) is 41.1 Å². The summed E-state index contributed by atoms with van der Waals surface area (Å²) in [6, 6.07) is 6.41. The standard InChI is InChI=1S/C12H17FN2O/c1-3-11(15-8-12(16)14-2)9-4-6-10(13)7-5-9/h4-7,11,15H,3,8H2,1-2H3,(H,14,16). The Labute approximate surface area is 95.0 Å². The van der Waals surface area contributed by atoms with Crippen molar-refractivity contribution in [1.82, 2.24) is 10.6 Å². The predicted octanol–water partition coefficient (Wildman–Crippen LogP) is 1.61. The number of hydrogen-bond acceptors (Lipinski definition) is 2. The van der Waals surface area contributed by atoms with Crippen LogP contribution in [0.5, 0.6) is 0 Å². The summed E-state index contributed by atoms with van der Waals surface area (Å²) < 4.78 is 12.7. The van der Waals surface area contributed by atoms with Crippen molar-refractivity contribution in [3.63, 3.8) is 0 Å². The minimum Gasteiger partial charge on any atom is -0.358 e. The van der Waals surface area contributed by atoms with Gasteiger partial charge in [-0.15, -0.1) is 0 Å². The molecule has 1 unspecified atom stereocenters. The summed E-state index contributed by atoms with van der Waals surface area (Å²) in [7, 11) is 1.60. The molecular weight excluding hydrogens is 207 g/mol. The van der Waals surface area contributed by atoms with Gasteiger partial charge in [-0.3, -0.25) is 4.79 Å². The molecule has 0 spiro atoms. The first kappa shape index (κ1) is 12.6. The van der Waals surface area contributed by atoms with Gasteiger partial charge in [0, 0.05) is 13.1 Å². The fourth-order valence-electron chi connectivity index (χ4n) is 1.50. The molecule has 0 heterocycles. The lowest BCUT2D eigenvalue weighted by atomic mass is 10.0. The molecule has 0 radical (unpaired) electrons. The van der Waals surface area contributed by atoms with Crippen molar-refractivity contribution in [2.75, 3.05) is 13.6 Å². The summed E-state index contributed by atoms with van der Waals surface area (Å²) >= 11 is 0. The largest absolute Gasteiger partial charge is 0.358 e. The van der Waals surface area contributed by atoms with Crippen molar-refractivity contribution in [3.05, 3.63) is 35.6 Å². The van der Waals surface area contributed by atoms with Crippen LogP contribution >= 0.6 is 0 Å². The Kier molecular flexibility index (Phi) is 4.92. The number of halogens is 1. The number of likely N-dealkylation sites (N-methyl/N-ethyl adjacent to an activating group) is 1. The summed E-state index contributed by atoms with van der Waals surface area (Å²) in [5.41, 5.74) is 0.993. The highest BCUT2D eigenvalue weighted by molar-refractivity contribution is 5.77. The minimum atomic E-state index is -0.245. The minimum absolute atomic E-state index is 0.0550. The van der Waals surface area contributed by atoms with E-state index in [9.17, 15) is 9.18 Å². The second kappa shape index (κ2) is 6.23. The van der Waals surface area contributed by atoms with Crippen molar-refractivity contribution in [2.45, 2.75) is 19.4 Å². The maximum atomic E-state index is 12.7. The zero-order valence-corrected chi connectivity index (χ0v) is 9.59. The van der Waals surface area contributed by atoms with Crippen molar-refractivity contribution in [1.29, 1.82) is 0 Å². The highest BCUT2D eigenvalue weighted by Crippen LogP contribution is 2.16. The van der Waals surface area contributed by atoms with Gasteiger partial charge in [0.2, 0.25) is 5.91 Å². The highest BCUT2D eigenvalue weighted by atomic mass is 19.1. The molecule has 1 atom stereocenters. The van der Waals surface area contributed by atoms with E-state index in [-0.39, 0.29) is 24.3 Å². The lowest BCUT2D eigenvalue weighted by molar-refractivity contribution is -0.119. The maximum absolute atomic E-state index is 12.7. The lowest BCUT2D eigenvalue weighted by Gasteiger charge is -2.16. The smallest absolute Gasteiger partial charge is 0.233 e. The van der Waals surface area contributed by atoms with Crippen molar-refractivity contribution in [2.24, 2.45) is 0 Å². The van der Waals surface area contributed by atoms with Gasteiger partial charge in [0.15, 0.2) is 0 Å². The number of carbonyl (C=O) groups is 1. The predicted molar refractivity (Wildman–Crippen MR) is 61.5 cm³/mol. The number of benzene rings is 1. The van der Waals surface area contributed by atoms with E-state index in [1.165, 1.54) is 12.1 Å². The Morgan fingerprint density at radius 1 is 1.38 bits per heavy atom. The third-order valence-corrected chi connectivity index (χ3v) is 2.47. The van der Waals surface area contributed by atoms with Crippen molar-refractivity contribution < 1.29 is 9.18 Å². The molecule has 0 aliphatic rings. The van der Waals surface area contributed by atoms with E-state index in [0.717, 1.165) is 12.0 Å². The molecule has 0 saturated heterocycles. The van der Waals surface area contributed by atoms with Crippen LogP contribution < -0.4 is 10.6 Å². The maximum Gasteiger partial charge on any atom is 0.233 e. The number of rotatable bonds is 5. The second-order valence-electron chi connectivity index (χ2n) is 3.57. The van der Waals surface area contributed by atoms with Gasteiger partial charge < -0.3 is 10.6 Å². The van der Waals surface area contributed by atoms with Gasteiger partial charge >= 0.3 is 0 Å². The highest BCUT2D eigenvalue weighted by Gasteiger charge is 2.09. The molecule has 0 aliphatic carbocycles. The van der Waals surface area contributed by atoms with Crippen molar-refractivity contribution in [3.8, 4) is 0 Å². The van der Waals surface area contributed by atoms with E-state index in [0.29, 0.717) is 0 Å². The van der Waals surface area contributed by atoms with Crippen LogP contribution in [0.4, 0.5) is 4.39 Å². The first-order valence-corrected chi connectivity index (χ1v) is 5.36. The van der Waals surface area contributed by atoms with Crippen LogP contribution in [0.15, 0.2) is 24.3 Å². The average molecular weight is 224 g/mol. The molecule has 1 aromatic rings. The van der Waals surface area contributed by atoms with Gasteiger partial charge in [0.05, 0.1) is 6.54 Å². The van der Waals surface area contributed by atoms with Gasteiger partial charge in [-0.2, -0.15) is 0 Å². The zero-order chi connectivity index (χ0) is 12.0. The molecule has 0 aromatic heterocycles. The molecule has 0 bridgehead atoms. The summed E-state index contributed by atoms with van der Waals surface area (Å²) in [4.78, 5) is 11.1. The van der Waals surface area contributed by atoms with Gasteiger partial charge in [0.25, 0.3) is 0 Å². The number of nitrogens with one attached hydrogen (secondary N) is 2. The Hall–Kier alpha value is -1.42. The Morgan fingerprint density at radius 2 is 2.00 bits per heavy atom. The molecular formula is C12H17FN2O. The van der Waals surface area contributed by atoms with Crippen LogP contribution in [0.25, 0.3) is 0 Å². The first-order valence-electron chi connectivity index (χ1n) is 5.36. The molecule has 0 aliphatic heterocycles. The molecule has 0 saturated carbocycles.